The van der Waals surface area contributed by atoms with Crippen LogP contribution in [0.1, 0.15) is 173 Å². The van der Waals surface area contributed by atoms with Crippen LogP contribution < -0.4 is 16.0 Å². The van der Waals surface area contributed by atoms with Crippen LogP contribution in [0.2, 0.25) is 5.02 Å². The van der Waals surface area contributed by atoms with Gasteiger partial charge in [-0.05, 0) is 119 Å². The number of fused-ring (bicyclic) bond motifs is 1. The van der Waals surface area contributed by atoms with Crippen molar-refractivity contribution in [3.05, 3.63) is 34.3 Å². The number of hydrogen-bond donors (Lipinski definition) is 3. The minimum absolute atomic E-state index is 0.0163. The summed E-state index contributed by atoms with van der Waals surface area (Å²) in [7, 11) is 10.00. The molecule has 3 aliphatic heterocycles. The fraction of sp³-hybridized carbons (Fsp3) is 0.739. The third-order valence-corrected chi connectivity index (χ3v) is 21.1. The van der Waals surface area contributed by atoms with E-state index in [1.165, 1.54) is 79.8 Å². The first kappa shape index (κ1) is 78.9. The Morgan fingerprint density at radius 1 is 0.619 bits per heavy atom. The van der Waals surface area contributed by atoms with E-state index in [2.05, 4.69) is 16.0 Å². The standard InChI is InChI=1S/C69H106ClF3N12O12/c1-11-44(2)60-67(96)79(6)42-58(89)77(4)43-59(90)81(8)53(39-46-24-15-12-16-25-46)65(94)78(5)41-55(86)75-51(33-31-47-30-32-49(50(70)38-47)69(71,72)73)64(93)85-37-23-28-52(85)63(92)74-34-20-19-29-56(87)83(10)61(48-26-17-13-18-27-48)68(97)82(9)54(66(95)84-35-21-14-22-36-84)40-57(88)80(7)45(3)62(91)76-60/h30,32,38,44-46,48,51-54,60-61H,11-29,31,33-37,39-43H2,1-10H3,(H,74,92)(H,75,86)(H,76,91)/t44-,45-,51-,52-,53-,54-,60-,61-/m0/s1. The maximum absolute atomic E-state index is 15.2. The highest BCUT2D eigenvalue weighted by molar-refractivity contribution is 6.31. The predicted octanol–water partition coefficient (Wildman–Crippen LogP) is 5.25. The van der Waals surface area contributed by atoms with Crippen LogP contribution in [0, 0.1) is 17.8 Å². The predicted molar refractivity (Wildman–Crippen MR) is 357 cm³/mol. The molecule has 3 N–H and O–H groups in total. The Kier molecular flexibility index (Phi) is 29.8. The Labute approximate surface area is 575 Å². The van der Waals surface area contributed by atoms with Gasteiger partial charge in [0.1, 0.15) is 42.3 Å². The van der Waals surface area contributed by atoms with Crippen LogP contribution >= 0.6 is 11.6 Å². The van der Waals surface area contributed by atoms with Crippen LogP contribution in [0.3, 0.4) is 0 Å². The van der Waals surface area contributed by atoms with E-state index in [0.717, 1.165) is 97.5 Å². The summed E-state index contributed by atoms with van der Waals surface area (Å²) < 4.78 is 41.2. The number of aryl methyl sites for hydroxylation is 1. The molecule has 2 saturated carbocycles. The van der Waals surface area contributed by atoms with Crippen LogP contribution in [-0.4, -0.2) is 252 Å². The third kappa shape index (κ3) is 21.5. The lowest BCUT2D eigenvalue weighted by atomic mass is 9.82. The Balaban J connectivity index is 1.31. The quantitative estimate of drug-likeness (QED) is 0.286. The van der Waals surface area contributed by atoms with Gasteiger partial charge in [0.05, 0.1) is 36.6 Å². The van der Waals surface area contributed by atoms with Gasteiger partial charge in [0.2, 0.25) is 70.9 Å². The van der Waals surface area contributed by atoms with Crippen LogP contribution in [0.25, 0.3) is 0 Å². The van der Waals surface area contributed by atoms with Crippen molar-refractivity contribution in [2.24, 2.45) is 17.8 Å². The number of amides is 12. The van der Waals surface area contributed by atoms with Crippen molar-refractivity contribution < 1.29 is 70.7 Å². The molecule has 1 aromatic rings. The zero-order chi connectivity index (χ0) is 71.6. The van der Waals surface area contributed by atoms with Crippen LogP contribution in [0.4, 0.5) is 13.2 Å². The van der Waals surface area contributed by atoms with Gasteiger partial charge in [0.15, 0.2) is 0 Å². The second kappa shape index (κ2) is 36.7. The molecule has 0 bridgehead atoms. The molecule has 97 heavy (non-hydrogen) atoms. The molecule has 5 fully saturated rings. The minimum Gasteiger partial charge on any atom is -0.354 e. The fourth-order valence-corrected chi connectivity index (χ4v) is 14.4. The molecule has 3 saturated heterocycles. The zero-order valence-corrected chi connectivity index (χ0v) is 59.4. The lowest BCUT2D eigenvalue weighted by Crippen LogP contribution is -2.59. The van der Waals surface area contributed by atoms with Crippen molar-refractivity contribution in [3.8, 4) is 0 Å². The number of nitrogens with zero attached hydrogens (tertiary/aromatic N) is 9. The van der Waals surface area contributed by atoms with Crippen molar-refractivity contribution >= 4 is 82.5 Å². The summed E-state index contributed by atoms with van der Waals surface area (Å²) in [5.41, 5.74) is -0.728. The molecule has 24 nitrogen and oxygen atoms in total. The van der Waals surface area contributed by atoms with Crippen molar-refractivity contribution in [2.75, 3.05) is 95.1 Å². The number of carbonyl (C=O) groups excluding carboxylic acids is 12. The molecule has 0 radical (unpaired) electrons. The summed E-state index contributed by atoms with van der Waals surface area (Å²) in [6.07, 6.45) is 7.03. The number of hydrogen-bond acceptors (Lipinski definition) is 12. The van der Waals surface area contributed by atoms with Crippen LogP contribution in [0.5, 0.6) is 0 Å². The van der Waals surface area contributed by atoms with Crippen LogP contribution in [-0.2, 0) is 70.1 Å². The average Bonchev–Trinajstić information content (AvgIpc) is 1.81. The maximum Gasteiger partial charge on any atom is 0.417 e. The van der Waals surface area contributed by atoms with Gasteiger partial charge in [0, 0.05) is 81.9 Å². The Bertz CT molecular complexity index is 2960. The molecule has 6 rings (SSSR count). The molecule has 12 amide bonds. The molecule has 5 aliphatic rings. The fourth-order valence-electron chi connectivity index (χ4n) is 14.1. The number of halogens is 4. The number of carbonyl (C=O) groups is 12. The van der Waals surface area contributed by atoms with Gasteiger partial charge in [-0.3, -0.25) is 57.5 Å². The molecule has 1 aromatic carbocycles. The van der Waals surface area contributed by atoms with Gasteiger partial charge in [-0.15, -0.1) is 0 Å². The molecule has 8 atom stereocenters. The Hall–Kier alpha value is -7.06. The molecule has 3 heterocycles. The first-order chi connectivity index (χ1) is 45.9. The number of piperidine rings is 1. The highest BCUT2D eigenvalue weighted by atomic mass is 35.5. The van der Waals surface area contributed by atoms with Crippen molar-refractivity contribution in [1.82, 2.24) is 60.0 Å². The minimum atomic E-state index is -4.73. The van der Waals surface area contributed by atoms with Gasteiger partial charge in [-0.2, -0.15) is 13.2 Å². The summed E-state index contributed by atoms with van der Waals surface area (Å²) in [5.74, 6) is -7.81. The monoisotopic (exact) mass is 1390 g/mol. The molecule has 28 heteroatoms. The van der Waals surface area contributed by atoms with E-state index in [1.54, 1.807) is 18.9 Å². The maximum atomic E-state index is 15.2. The Morgan fingerprint density at radius 3 is 1.87 bits per heavy atom. The van der Waals surface area contributed by atoms with Crippen LogP contribution in [0.15, 0.2) is 18.2 Å². The number of likely N-dealkylation sites (N-methyl/N-ethyl adjacent to an activating group) is 7. The number of alkyl halides is 3. The third-order valence-electron chi connectivity index (χ3n) is 20.8. The summed E-state index contributed by atoms with van der Waals surface area (Å²) in [6, 6.07) is -4.96. The molecular weight excluding hydrogens is 1280 g/mol. The smallest absolute Gasteiger partial charge is 0.354 e. The number of rotatable bonds is 9. The summed E-state index contributed by atoms with van der Waals surface area (Å²) in [6.45, 7) is 4.45. The molecule has 2 aliphatic carbocycles. The van der Waals surface area contributed by atoms with E-state index in [4.69, 9.17) is 11.6 Å². The second-order valence-corrected chi connectivity index (χ2v) is 28.2. The van der Waals surface area contributed by atoms with E-state index in [-0.39, 0.29) is 69.4 Å². The Morgan fingerprint density at radius 2 is 1.24 bits per heavy atom. The van der Waals surface area contributed by atoms with Crippen molar-refractivity contribution in [3.63, 3.8) is 0 Å². The van der Waals surface area contributed by atoms with Gasteiger partial charge in [0.25, 0.3) is 0 Å². The van der Waals surface area contributed by atoms with E-state index in [0.29, 0.717) is 50.8 Å². The summed E-state index contributed by atoms with van der Waals surface area (Å²) in [4.78, 5) is 185. The van der Waals surface area contributed by atoms with Gasteiger partial charge < -0.3 is 60.0 Å². The van der Waals surface area contributed by atoms with E-state index >= 15 is 4.79 Å². The SMILES string of the molecule is CC[C@H](C)[C@@H]1NC(=O)[C@H](C)N(C)C(=O)C[C@@H](C(=O)N2CCCCC2)N(C)C(=O)[C@H](C2CCCCC2)N(C)C(=O)CCCCNC(=O)[C@@H]2CCCN2C(=O)[C@H](CCc2ccc(C(F)(F)F)c(Cl)c2)NC(=O)CN(C)C(=O)[C@H](CC2CCCCC2)N(C)C(=O)CN(C)C(=O)CN(C)C1=O. The first-order valence-electron chi connectivity index (χ1n) is 35.0. The summed E-state index contributed by atoms with van der Waals surface area (Å²) in [5, 5.41) is 7.88. The molecule has 542 valence electrons. The van der Waals surface area contributed by atoms with E-state index < -0.39 is 156 Å². The average molecular weight is 1390 g/mol. The largest absolute Gasteiger partial charge is 0.417 e. The zero-order valence-electron chi connectivity index (χ0n) is 58.7. The second-order valence-electron chi connectivity index (χ2n) is 27.8. The number of nitrogens with one attached hydrogen (secondary N) is 3. The molecule has 0 spiro atoms. The number of benzene rings is 1. The lowest BCUT2D eigenvalue weighted by molar-refractivity contribution is -0.155. The van der Waals surface area contributed by atoms with Gasteiger partial charge in [-0.1, -0.05) is 89.3 Å². The summed E-state index contributed by atoms with van der Waals surface area (Å²) >= 11 is 6.10. The number of likely N-dealkylation sites (tertiary alicyclic amines) is 1. The lowest BCUT2D eigenvalue weighted by Gasteiger charge is -2.41. The first-order valence-corrected chi connectivity index (χ1v) is 35.3. The van der Waals surface area contributed by atoms with E-state index in [9.17, 15) is 65.9 Å². The normalized spacial score (nSPS) is 26.5. The molecule has 0 aromatic heterocycles. The highest BCUT2D eigenvalue weighted by Gasteiger charge is 2.44. The van der Waals surface area contributed by atoms with Crippen molar-refractivity contribution in [2.45, 2.75) is 217 Å². The van der Waals surface area contributed by atoms with E-state index in [1.807, 2.05) is 6.92 Å². The molecular formula is C69H106ClF3N12O12. The van der Waals surface area contributed by atoms with Crippen molar-refractivity contribution in [1.29, 1.82) is 0 Å². The highest BCUT2D eigenvalue weighted by Crippen LogP contribution is 2.36. The van der Waals surface area contributed by atoms with Gasteiger partial charge >= 0.3 is 6.18 Å². The molecule has 0 unspecified atom stereocenters. The topological polar surface area (TPSA) is 270 Å². The van der Waals surface area contributed by atoms with Gasteiger partial charge in [-0.25, -0.2) is 0 Å².